The highest BCUT2D eigenvalue weighted by Crippen LogP contribution is 2.28. The zero-order chi connectivity index (χ0) is 20.0. The van der Waals surface area contributed by atoms with Gasteiger partial charge in [-0.05, 0) is 12.5 Å². The first-order valence-corrected chi connectivity index (χ1v) is 9.54. The van der Waals surface area contributed by atoms with Crippen molar-refractivity contribution < 1.29 is 4.79 Å². The molecule has 1 aliphatic heterocycles. The largest absolute Gasteiger partial charge is 0.337 e. The molecular formula is C21H20N6O2. The number of aromatic amines is 1. The van der Waals surface area contributed by atoms with Gasteiger partial charge in [-0.25, -0.2) is 14.5 Å². The number of aryl methyl sites for hydroxylation is 2. The number of carbonyl (C=O) groups excluding carboxylic acids is 1. The molecule has 0 aliphatic carbocycles. The highest BCUT2D eigenvalue weighted by Gasteiger charge is 2.29. The van der Waals surface area contributed by atoms with Gasteiger partial charge in [-0.3, -0.25) is 14.7 Å². The zero-order valence-electron chi connectivity index (χ0n) is 16.0. The van der Waals surface area contributed by atoms with Gasteiger partial charge in [0.1, 0.15) is 0 Å². The minimum absolute atomic E-state index is 0.00391. The van der Waals surface area contributed by atoms with Gasteiger partial charge in [0, 0.05) is 36.6 Å². The maximum absolute atomic E-state index is 13.1. The molecule has 1 amide bonds. The second-order valence-electron chi connectivity index (χ2n) is 7.28. The lowest BCUT2D eigenvalue weighted by atomic mass is 10.1. The van der Waals surface area contributed by atoms with E-state index in [0.29, 0.717) is 43.0 Å². The van der Waals surface area contributed by atoms with E-state index < -0.39 is 0 Å². The van der Waals surface area contributed by atoms with Crippen molar-refractivity contribution in [1.82, 2.24) is 29.0 Å². The van der Waals surface area contributed by atoms with Crippen molar-refractivity contribution in [3.8, 4) is 11.1 Å². The van der Waals surface area contributed by atoms with E-state index in [0.717, 1.165) is 16.8 Å². The average molecular weight is 388 g/mol. The summed E-state index contributed by atoms with van der Waals surface area (Å²) in [6.07, 6.45) is 5.57. The Morgan fingerprint density at radius 3 is 2.79 bits per heavy atom. The molecule has 146 valence electrons. The molecule has 1 aliphatic rings. The van der Waals surface area contributed by atoms with Gasteiger partial charge in [0.15, 0.2) is 5.65 Å². The average Bonchev–Trinajstić information content (AvgIpc) is 3.45. The monoisotopic (exact) mass is 388 g/mol. The molecule has 0 saturated carbocycles. The second kappa shape index (κ2) is 6.73. The molecule has 0 radical (unpaired) electrons. The number of nitrogens with zero attached hydrogens (tertiary/aromatic N) is 5. The Labute approximate surface area is 166 Å². The third-order valence-electron chi connectivity index (χ3n) is 5.39. The van der Waals surface area contributed by atoms with E-state index in [9.17, 15) is 9.59 Å². The van der Waals surface area contributed by atoms with Gasteiger partial charge in [-0.15, -0.1) is 0 Å². The summed E-state index contributed by atoms with van der Waals surface area (Å²) in [7, 11) is 0. The molecule has 5 rings (SSSR count). The SMILES string of the molecule is Cc1[nH]n2c(=O)c3c(nc2c1-c1ccccc1)CN(C(=O)CCn1ccnc1)C3. The van der Waals surface area contributed by atoms with E-state index in [1.165, 1.54) is 4.52 Å². The Bertz CT molecular complexity index is 1250. The zero-order valence-corrected chi connectivity index (χ0v) is 16.0. The fraction of sp³-hybridized carbons (Fsp3) is 0.238. The van der Waals surface area contributed by atoms with Crippen molar-refractivity contribution in [3.05, 3.63) is 76.4 Å². The molecule has 0 spiro atoms. The molecule has 8 heteroatoms. The molecule has 0 bridgehead atoms. The molecule has 3 aromatic heterocycles. The lowest BCUT2D eigenvalue weighted by Gasteiger charge is -2.14. The van der Waals surface area contributed by atoms with Gasteiger partial charge in [0.25, 0.3) is 5.56 Å². The second-order valence-corrected chi connectivity index (χ2v) is 7.28. The van der Waals surface area contributed by atoms with Crippen LogP contribution in [0.4, 0.5) is 0 Å². The fourth-order valence-electron chi connectivity index (χ4n) is 3.91. The number of amides is 1. The summed E-state index contributed by atoms with van der Waals surface area (Å²) in [5.74, 6) is 0.00391. The molecule has 0 fully saturated rings. The molecule has 1 N–H and O–H groups in total. The predicted molar refractivity (Wildman–Crippen MR) is 107 cm³/mol. The summed E-state index contributed by atoms with van der Waals surface area (Å²) in [6.45, 7) is 3.16. The van der Waals surface area contributed by atoms with Crippen LogP contribution >= 0.6 is 0 Å². The number of carbonyl (C=O) groups is 1. The number of hydrogen-bond donors (Lipinski definition) is 1. The Morgan fingerprint density at radius 1 is 1.21 bits per heavy atom. The summed E-state index contributed by atoms with van der Waals surface area (Å²) in [5.41, 5.74) is 4.53. The summed E-state index contributed by atoms with van der Waals surface area (Å²) in [4.78, 5) is 36.2. The van der Waals surface area contributed by atoms with E-state index in [4.69, 9.17) is 4.98 Å². The number of H-pyrrole nitrogens is 1. The normalized spacial score (nSPS) is 13.2. The van der Waals surface area contributed by atoms with E-state index in [1.54, 1.807) is 17.4 Å². The van der Waals surface area contributed by atoms with Gasteiger partial charge >= 0.3 is 0 Å². The van der Waals surface area contributed by atoms with Gasteiger partial charge in [-0.2, -0.15) is 0 Å². The van der Waals surface area contributed by atoms with Crippen LogP contribution in [0.2, 0.25) is 0 Å². The highest BCUT2D eigenvalue weighted by molar-refractivity contribution is 5.80. The van der Waals surface area contributed by atoms with Crippen molar-refractivity contribution in [2.24, 2.45) is 0 Å². The third-order valence-corrected chi connectivity index (χ3v) is 5.39. The molecule has 8 nitrogen and oxygen atoms in total. The predicted octanol–water partition coefficient (Wildman–Crippen LogP) is 2.13. The number of nitrogens with one attached hydrogen (secondary N) is 1. The Hall–Kier alpha value is -3.68. The molecule has 29 heavy (non-hydrogen) atoms. The van der Waals surface area contributed by atoms with Gasteiger partial charge in [-0.1, -0.05) is 30.3 Å². The lowest BCUT2D eigenvalue weighted by molar-refractivity contribution is -0.132. The maximum atomic E-state index is 13.1. The Kier molecular flexibility index (Phi) is 4.04. The quantitative estimate of drug-likeness (QED) is 0.580. The summed E-state index contributed by atoms with van der Waals surface area (Å²) < 4.78 is 3.36. The first-order chi connectivity index (χ1) is 14.1. The lowest BCUT2D eigenvalue weighted by Crippen LogP contribution is -2.27. The Balaban J connectivity index is 1.47. The van der Waals surface area contributed by atoms with Crippen LogP contribution in [0, 0.1) is 6.92 Å². The third kappa shape index (κ3) is 2.93. The first-order valence-electron chi connectivity index (χ1n) is 9.54. The van der Waals surface area contributed by atoms with E-state index in [1.807, 2.05) is 48.0 Å². The van der Waals surface area contributed by atoms with Crippen LogP contribution in [-0.4, -0.2) is 35.0 Å². The van der Waals surface area contributed by atoms with E-state index >= 15 is 0 Å². The number of fused-ring (bicyclic) bond motifs is 2. The van der Waals surface area contributed by atoms with E-state index in [2.05, 4.69) is 10.1 Å². The van der Waals surface area contributed by atoms with Gasteiger partial charge < -0.3 is 9.47 Å². The molecule has 4 aromatic rings. The van der Waals surface area contributed by atoms with Gasteiger partial charge in [0.2, 0.25) is 5.91 Å². The van der Waals surface area contributed by atoms with Crippen molar-refractivity contribution in [3.63, 3.8) is 0 Å². The number of hydrogen-bond acceptors (Lipinski definition) is 4. The van der Waals surface area contributed by atoms with Crippen LogP contribution in [0.5, 0.6) is 0 Å². The summed E-state index contributed by atoms with van der Waals surface area (Å²) in [6, 6.07) is 9.88. The van der Waals surface area contributed by atoms with Gasteiger partial charge in [0.05, 0.1) is 30.7 Å². The highest BCUT2D eigenvalue weighted by atomic mass is 16.2. The summed E-state index contributed by atoms with van der Waals surface area (Å²) >= 11 is 0. The minimum atomic E-state index is -0.139. The number of rotatable bonds is 4. The number of aromatic nitrogens is 5. The van der Waals surface area contributed by atoms with Crippen LogP contribution in [0.15, 0.2) is 53.8 Å². The molecular weight excluding hydrogens is 368 g/mol. The smallest absolute Gasteiger partial charge is 0.278 e. The standard InChI is InChI=1S/C21H20N6O2/c1-14-19(15-5-3-2-4-6-15)20-23-17-12-26(11-16(17)21(29)27(20)24-14)18(28)7-9-25-10-8-22-13-25/h2-6,8,10,13,24H,7,9,11-12H2,1H3. The van der Waals surface area contributed by atoms with Crippen molar-refractivity contribution in [2.45, 2.75) is 33.0 Å². The Morgan fingerprint density at radius 2 is 2.03 bits per heavy atom. The van der Waals surface area contributed by atoms with E-state index in [-0.39, 0.29) is 11.5 Å². The van der Waals surface area contributed by atoms with Crippen molar-refractivity contribution in [2.75, 3.05) is 0 Å². The molecule has 0 unspecified atom stereocenters. The van der Waals surface area contributed by atoms with Crippen LogP contribution in [-0.2, 0) is 24.4 Å². The summed E-state index contributed by atoms with van der Waals surface area (Å²) in [5, 5.41) is 3.14. The van der Waals surface area contributed by atoms with Crippen LogP contribution in [0.1, 0.15) is 23.4 Å². The molecule has 0 saturated heterocycles. The molecule has 4 heterocycles. The first kappa shape index (κ1) is 17.4. The molecule has 1 aromatic carbocycles. The van der Waals surface area contributed by atoms with Crippen molar-refractivity contribution in [1.29, 1.82) is 0 Å². The van der Waals surface area contributed by atoms with Crippen LogP contribution in [0.25, 0.3) is 16.8 Å². The fourth-order valence-corrected chi connectivity index (χ4v) is 3.91. The minimum Gasteiger partial charge on any atom is -0.337 e. The number of imidazole rings is 1. The molecule has 0 atom stereocenters. The number of benzene rings is 1. The topological polar surface area (TPSA) is 88.3 Å². The van der Waals surface area contributed by atoms with Crippen molar-refractivity contribution >= 4 is 11.6 Å². The van der Waals surface area contributed by atoms with Crippen LogP contribution < -0.4 is 5.56 Å². The van der Waals surface area contributed by atoms with Crippen LogP contribution in [0.3, 0.4) is 0 Å². The maximum Gasteiger partial charge on any atom is 0.278 e.